The molecule has 2 bridgehead atoms. The predicted octanol–water partition coefficient (Wildman–Crippen LogP) is 3.28. The third kappa shape index (κ3) is 2.35. The summed E-state index contributed by atoms with van der Waals surface area (Å²) in [4.78, 5) is 2.66. The summed E-state index contributed by atoms with van der Waals surface area (Å²) in [6.45, 7) is 13.5. The quantitative estimate of drug-likeness (QED) is 0.792. The molecule has 2 heteroatoms. The van der Waals surface area contributed by atoms with E-state index in [0.29, 0.717) is 10.8 Å². The Morgan fingerprint density at radius 3 is 2.42 bits per heavy atom. The van der Waals surface area contributed by atoms with Crippen LogP contribution in [-0.4, -0.2) is 36.6 Å². The van der Waals surface area contributed by atoms with E-state index in [0.717, 1.165) is 18.0 Å². The van der Waals surface area contributed by atoms with Gasteiger partial charge in [-0.3, -0.25) is 4.90 Å². The first-order chi connectivity index (χ1) is 8.97. The van der Waals surface area contributed by atoms with Gasteiger partial charge in [-0.25, -0.2) is 0 Å². The van der Waals surface area contributed by atoms with E-state index in [2.05, 4.69) is 37.9 Å². The molecule has 0 aromatic carbocycles. The Morgan fingerprint density at radius 2 is 1.89 bits per heavy atom. The Morgan fingerprint density at radius 1 is 1.16 bits per heavy atom. The van der Waals surface area contributed by atoms with Gasteiger partial charge in [-0.2, -0.15) is 0 Å². The molecule has 0 saturated heterocycles. The summed E-state index contributed by atoms with van der Waals surface area (Å²) >= 11 is 0. The Labute approximate surface area is 119 Å². The molecule has 3 rings (SSSR count). The minimum Gasteiger partial charge on any atom is -0.312 e. The molecule has 0 aromatic heterocycles. The fourth-order valence-corrected chi connectivity index (χ4v) is 5.20. The Balaban J connectivity index is 1.54. The molecule has 0 spiro atoms. The highest BCUT2D eigenvalue weighted by Gasteiger charge is 2.58. The normalized spacial score (nSPS) is 40.3. The zero-order valence-corrected chi connectivity index (χ0v) is 13.3. The number of hydrogen-bond donors (Lipinski definition) is 1. The summed E-state index contributed by atoms with van der Waals surface area (Å²) in [6, 6.07) is 1.65. The van der Waals surface area contributed by atoms with Crippen molar-refractivity contribution in [3.05, 3.63) is 0 Å². The van der Waals surface area contributed by atoms with Crippen molar-refractivity contribution in [1.82, 2.24) is 10.2 Å². The molecule has 2 nitrogen and oxygen atoms in total. The zero-order chi connectivity index (χ0) is 13.7. The van der Waals surface area contributed by atoms with Gasteiger partial charge in [0, 0.05) is 25.2 Å². The number of rotatable bonds is 6. The van der Waals surface area contributed by atoms with Gasteiger partial charge in [0.1, 0.15) is 0 Å². The lowest BCUT2D eigenvalue weighted by molar-refractivity contribution is 0.105. The topological polar surface area (TPSA) is 15.3 Å². The summed E-state index contributed by atoms with van der Waals surface area (Å²) in [5.74, 6) is 0.959. The standard InChI is InChI=1S/C17H32N2/c1-5-19(14-6-7-14)11-10-18-15-16(2,3)13-8-9-17(15,4)12-13/h13-15,18H,5-12H2,1-4H3. The number of nitrogens with zero attached hydrogens (tertiary/aromatic N) is 1. The maximum Gasteiger partial charge on any atom is 0.0175 e. The maximum atomic E-state index is 3.95. The van der Waals surface area contributed by atoms with Gasteiger partial charge in [-0.05, 0) is 55.4 Å². The number of likely N-dealkylation sites (N-methyl/N-ethyl adjacent to an activating group) is 1. The van der Waals surface area contributed by atoms with Crippen molar-refractivity contribution in [2.45, 2.75) is 71.9 Å². The van der Waals surface area contributed by atoms with Crippen molar-refractivity contribution in [3.8, 4) is 0 Å². The highest BCUT2D eigenvalue weighted by atomic mass is 15.2. The molecule has 0 aliphatic heterocycles. The van der Waals surface area contributed by atoms with Crippen LogP contribution in [0.1, 0.15) is 59.8 Å². The van der Waals surface area contributed by atoms with E-state index >= 15 is 0 Å². The van der Waals surface area contributed by atoms with Crippen LogP contribution in [0.25, 0.3) is 0 Å². The van der Waals surface area contributed by atoms with Gasteiger partial charge in [0.2, 0.25) is 0 Å². The molecule has 3 saturated carbocycles. The lowest BCUT2D eigenvalue weighted by Crippen LogP contribution is -2.52. The summed E-state index contributed by atoms with van der Waals surface area (Å²) in [5.41, 5.74) is 1.08. The van der Waals surface area contributed by atoms with Crippen LogP contribution >= 0.6 is 0 Å². The number of fused-ring (bicyclic) bond motifs is 2. The molecule has 3 unspecified atom stereocenters. The van der Waals surface area contributed by atoms with Crippen LogP contribution in [0, 0.1) is 16.7 Å². The van der Waals surface area contributed by atoms with E-state index in [-0.39, 0.29) is 0 Å². The second kappa shape index (κ2) is 4.73. The van der Waals surface area contributed by atoms with E-state index in [4.69, 9.17) is 0 Å². The minimum absolute atomic E-state index is 0.504. The van der Waals surface area contributed by atoms with Crippen molar-refractivity contribution < 1.29 is 0 Å². The van der Waals surface area contributed by atoms with Gasteiger partial charge in [0.05, 0.1) is 0 Å². The van der Waals surface area contributed by atoms with Gasteiger partial charge in [-0.15, -0.1) is 0 Å². The highest BCUT2D eigenvalue weighted by Crippen LogP contribution is 2.62. The summed E-state index contributed by atoms with van der Waals surface area (Å²) in [5, 5.41) is 3.95. The third-order valence-electron chi connectivity index (χ3n) is 6.49. The SMILES string of the molecule is CCN(CCNC1C2(C)CCC(C2)C1(C)C)C1CC1. The molecule has 1 N–H and O–H groups in total. The third-order valence-corrected chi connectivity index (χ3v) is 6.49. The summed E-state index contributed by atoms with van der Waals surface area (Å²) in [6.07, 6.45) is 7.23. The van der Waals surface area contributed by atoms with Crippen LogP contribution in [0.4, 0.5) is 0 Å². The van der Waals surface area contributed by atoms with Gasteiger partial charge >= 0.3 is 0 Å². The average Bonchev–Trinajstić information content (AvgIpc) is 3.07. The van der Waals surface area contributed by atoms with Crippen molar-refractivity contribution in [1.29, 1.82) is 0 Å². The van der Waals surface area contributed by atoms with E-state index < -0.39 is 0 Å². The average molecular weight is 264 g/mol. The molecular formula is C17H32N2. The molecular weight excluding hydrogens is 232 g/mol. The molecule has 110 valence electrons. The Kier molecular flexibility index (Phi) is 3.46. The Bertz CT molecular complexity index is 329. The summed E-state index contributed by atoms with van der Waals surface area (Å²) in [7, 11) is 0. The van der Waals surface area contributed by atoms with Crippen molar-refractivity contribution in [2.24, 2.45) is 16.7 Å². The molecule has 0 heterocycles. The minimum atomic E-state index is 0.504. The predicted molar refractivity (Wildman–Crippen MR) is 81.3 cm³/mol. The monoisotopic (exact) mass is 264 g/mol. The van der Waals surface area contributed by atoms with Crippen LogP contribution in [0.15, 0.2) is 0 Å². The number of hydrogen-bond acceptors (Lipinski definition) is 2. The van der Waals surface area contributed by atoms with Gasteiger partial charge in [0.15, 0.2) is 0 Å². The van der Waals surface area contributed by atoms with Gasteiger partial charge in [-0.1, -0.05) is 27.7 Å². The maximum absolute atomic E-state index is 3.95. The van der Waals surface area contributed by atoms with Crippen LogP contribution in [0.3, 0.4) is 0 Å². The highest BCUT2D eigenvalue weighted by molar-refractivity contribution is 5.12. The van der Waals surface area contributed by atoms with E-state index in [9.17, 15) is 0 Å². The molecule has 0 amide bonds. The smallest absolute Gasteiger partial charge is 0.0175 e. The first kappa shape index (κ1) is 13.9. The van der Waals surface area contributed by atoms with E-state index in [1.165, 1.54) is 51.7 Å². The van der Waals surface area contributed by atoms with Gasteiger partial charge < -0.3 is 5.32 Å². The fourth-order valence-electron chi connectivity index (χ4n) is 5.20. The molecule has 3 atom stereocenters. The second-order valence-electron chi connectivity index (χ2n) is 8.16. The molecule has 3 aliphatic carbocycles. The van der Waals surface area contributed by atoms with E-state index in [1.54, 1.807) is 0 Å². The van der Waals surface area contributed by atoms with Crippen molar-refractivity contribution >= 4 is 0 Å². The number of nitrogens with one attached hydrogen (secondary N) is 1. The lowest BCUT2D eigenvalue weighted by Gasteiger charge is -2.43. The Hall–Kier alpha value is -0.0800. The molecule has 3 aliphatic rings. The molecule has 0 aromatic rings. The molecule has 19 heavy (non-hydrogen) atoms. The molecule has 3 fully saturated rings. The lowest BCUT2D eigenvalue weighted by atomic mass is 9.68. The first-order valence-corrected chi connectivity index (χ1v) is 8.45. The first-order valence-electron chi connectivity index (χ1n) is 8.45. The zero-order valence-electron chi connectivity index (χ0n) is 13.3. The summed E-state index contributed by atoms with van der Waals surface area (Å²) < 4.78 is 0. The second-order valence-corrected chi connectivity index (χ2v) is 8.16. The fraction of sp³-hybridized carbons (Fsp3) is 1.00. The van der Waals surface area contributed by atoms with Crippen LogP contribution in [0.2, 0.25) is 0 Å². The largest absolute Gasteiger partial charge is 0.312 e. The van der Waals surface area contributed by atoms with Crippen LogP contribution in [0.5, 0.6) is 0 Å². The molecule has 0 radical (unpaired) electrons. The van der Waals surface area contributed by atoms with Crippen LogP contribution < -0.4 is 5.32 Å². The van der Waals surface area contributed by atoms with Crippen LogP contribution in [-0.2, 0) is 0 Å². The van der Waals surface area contributed by atoms with E-state index in [1.807, 2.05) is 0 Å². The van der Waals surface area contributed by atoms with Crippen molar-refractivity contribution in [3.63, 3.8) is 0 Å². The van der Waals surface area contributed by atoms with Gasteiger partial charge in [0.25, 0.3) is 0 Å². The van der Waals surface area contributed by atoms with Crippen molar-refractivity contribution in [2.75, 3.05) is 19.6 Å².